The molecule has 2 aromatic carbocycles. The Kier molecular flexibility index (Phi) is 5.58. The molecule has 2 rings (SSSR count). The normalized spacial score (nSPS) is 10.7. The zero-order valence-electron chi connectivity index (χ0n) is 10.5. The Balaban J connectivity index is 2.40. The van der Waals surface area contributed by atoms with Gasteiger partial charge in [-0.3, -0.25) is 0 Å². The van der Waals surface area contributed by atoms with E-state index in [2.05, 4.69) is 21.2 Å². The Labute approximate surface area is 141 Å². The molecule has 106 valence electrons. The van der Waals surface area contributed by atoms with Gasteiger partial charge in [-0.1, -0.05) is 40.9 Å². The Hall–Kier alpha value is -0.450. The third kappa shape index (κ3) is 3.60. The number of rotatable bonds is 4. The highest BCUT2D eigenvalue weighted by atomic mass is 79.9. The summed E-state index contributed by atoms with van der Waals surface area (Å²) in [5.74, 6) is 1.13. The minimum atomic E-state index is 0.469. The molecule has 0 aliphatic carbocycles. The minimum absolute atomic E-state index is 0.469. The van der Waals surface area contributed by atoms with Crippen molar-refractivity contribution in [3.8, 4) is 11.5 Å². The smallest absolute Gasteiger partial charge is 0.147 e. The lowest BCUT2D eigenvalue weighted by Gasteiger charge is -2.14. The molecule has 0 aliphatic heterocycles. The molecular formula is C14H11BrCl3NO. The number of benzene rings is 2. The lowest BCUT2D eigenvalue weighted by Crippen LogP contribution is -2.07. The average molecular weight is 396 g/mol. The molecule has 0 saturated carbocycles. The van der Waals surface area contributed by atoms with E-state index in [-0.39, 0.29) is 0 Å². The zero-order chi connectivity index (χ0) is 14.7. The number of nitrogens with one attached hydrogen (secondary N) is 1. The molecule has 2 aromatic rings. The molecule has 6 heteroatoms. The van der Waals surface area contributed by atoms with Crippen LogP contribution in [0.3, 0.4) is 0 Å². The average Bonchev–Trinajstić information content (AvgIpc) is 2.40. The highest BCUT2D eigenvalue weighted by molar-refractivity contribution is 9.10. The summed E-state index contributed by atoms with van der Waals surface area (Å²) >= 11 is 21.7. The van der Waals surface area contributed by atoms with Crippen LogP contribution in [0.5, 0.6) is 11.5 Å². The number of hydrogen-bond donors (Lipinski definition) is 1. The van der Waals surface area contributed by atoms with Crippen molar-refractivity contribution in [3.05, 3.63) is 55.4 Å². The van der Waals surface area contributed by atoms with Gasteiger partial charge in [0, 0.05) is 27.7 Å². The SMILES string of the molecule is CNCc1c(Cl)cccc1Oc1cc(Cl)c(Br)cc1Cl. The van der Waals surface area contributed by atoms with Crippen LogP contribution in [0.4, 0.5) is 0 Å². The molecule has 20 heavy (non-hydrogen) atoms. The van der Waals surface area contributed by atoms with Crippen LogP contribution in [0.1, 0.15) is 5.56 Å². The monoisotopic (exact) mass is 393 g/mol. The van der Waals surface area contributed by atoms with Crippen molar-refractivity contribution < 1.29 is 4.74 Å². The summed E-state index contributed by atoms with van der Waals surface area (Å²) in [6.07, 6.45) is 0. The minimum Gasteiger partial charge on any atom is -0.455 e. The number of hydrogen-bond acceptors (Lipinski definition) is 2. The van der Waals surface area contributed by atoms with Gasteiger partial charge in [-0.05, 0) is 41.2 Å². The molecular weight excluding hydrogens is 384 g/mol. The van der Waals surface area contributed by atoms with Gasteiger partial charge < -0.3 is 10.1 Å². The van der Waals surface area contributed by atoms with E-state index in [4.69, 9.17) is 39.5 Å². The Morgan fingerprint density at radius 3 is 2.50 bits per heavy atom. The molecule has 1 N–H and O–H groups in total. The Morgan fingerprint density at radius 2 is 1.80 bits per heavy atom. The molecule has 0 radical (unpaired) electrons. The van der Waals surface area contributed by atoms with E-state index in [9.17, 15) is 0 Å². The van der Waals surface area contributed by atoms with E-state index in [1.807, 2.05) is 25.2 Å². The third-order valence-electron chi connectivity index (χ3n) is 2.62. The first-order chi connectivity index (χ1) is 9.52. The van der Waals surface area contributed by atoms with Gasteiger partial charge in [0.2, 0.25) is 0 Å². The second kappa shape index (κ2) is 7.01. The second-order valence-electron chi connectivity index (χ2n) is 4.05. The van der Waals surface area contributed by atoms with Crippen molar-refractivity contribution in [1.82, 2.24) is 5.32 Å². The first-order valence-electron chi connectivity index (χ1n) is 5.77. The topological polar surface area (TPSA) is 21.3 Å². The largest absolute Gasteiger partial charge is 0.455 e. The summed E-state index contributed by atoms with van der Waals surface area (Å²) in [5, 5.41) is 4.69. The maximum Gasteiger partial charge on any atom is 0.147 e. The van der Waals surface area contributed by atoms with Crippen LogP contribution >= 0.6 is 50.7 Å². The third-order valence-corrected chi connectivity index (χ3v) is 4.47. The van der Waals surface area contributed by atoms with Crippen LogP contribution in [-0.2, 0) is 6.54 Å². The van der Waals surface area contributed by atoms with Crippen LogP contribution in [0, 0.1) is 0 Å². The zero-order valence-corrected chi connectivity index (χ0v) is 14.4. The molecule has 0 aliphatic rings. The summed E-state index contributed by atoms with van der Waals surface area (Å²) < 4.78 is 6.57. The fourth-order valence-electron chi connectivity index (χ4n) is 1.68. The maximum absolute atomic E-state index is 6.18. The summed E-state index contributed by atoms with van der Waals surface area (Å²) in [6, 6.07) is 8.84. The van der Waals surface area contributed by atoms with Crippen molar-refractivity contribution in [2.24, 2.45) is 0 Å². The van der Waals surface area contributed by atoms with Gasteiger partial charge in [0.1, 0.15) is 11.5 Å². The van der Waals surface area contributed by atoms with E-state index in [0.717, 1.165) is 10.0 Å². The van der Waals surface area contributed by atoms with Crippen LogP contribution in [0.15, 0.2) is 34.8 Å². The summed E-state index contributed by atoms with van der Waals surface area (Å²) in [5.41, 5.74) is 0.867. The predicted octanol–water partition coefficient (Wildman–Crippen LogP) is 5.92. The standard InChI is InChI=1S/C14H11BrCl3NO/c1-19-7-8-10(16)3-2-4-13(8)20-14-6-11(17)9(15)5-12(14)18/h2-6,19H,7H2,1H3. The van der Waals surface area contributed by atoms with Crippen LogP contribution in [0.25, 0.3) is 0 Å². The molecule has 0 heterocycles. The fourth-order valence-corrected chi connectivity index (χ4v) is 2.75. The molecule has 0 atom stereocenters. The summed E-state index contributed by atoms with van der Waals surface area (Å²) in [6.45, 7) is 0.594. The molecule has 0 unspecified atom stereocenters. The molecule has 0 fully saturated rings. The van der Waals surface area contributed by atoms with Gasteiger partial charge in [0.15, 0.2) is 0 Å². The highest BCUT2D eigenvalue weighted by Crippen LogP contribution is 2.38. The molecule has 0 spiro atoms. The van der Waals surface area contributed by atoms with Gasteiger partial charge in [-0.2, -0.15) is 0 Å². The molecule has 0 bridgehead atoms. The molecule has 0 amide bonds. The van der Waals surface area contributed by atoms with Crippen molar-refractivity contribution in [3.63, 3.8) is 0 Å². The van der Waals surface area contributed by atoms with Crippen LogP contribution in [-0.4, -0.2) is 7.05 Å². The van der Waals surface area contributed by atoms with E-state index in [0.29, 0.717) is 33.1 Å². The first kappa shape index (κ1) is 15.9. The second-order valence-corrected chi connectivity index (χ2v) is 6.12. The predicted molar refractivity (Wildman–Crippen MR) is 88.5 cm³/mol. The van der Waals surface area contributed by atoms with Crippen molar-refractivity contribution >= 4 is 50.7 Å². The molecule has 0 saturated heterocycles. The van der Waals surface area contributed by atoms with Crippen LogP contribution in [0.2, 0.25) is 15.1 Å². The summed E-state index contributed by atoms with van der Waals surface area (Å²) in [7, 11) is 1.84. The van der Waals surface area contributed by atoms with Gasteiger partial charge >= 0.3 is 0 Å². The number of halogens is 4. The van der Waals surface area contributed by atoms with Crippen molar-refractivity contribution in [2.45, 2.75) is 6.54 Å². The molecule has 0 aromatic heterocycles. The number of ether oxygens (including phenoxy) is 1. The van der Waals surface area contributed by atoms with Gasteiger partial charge in [-0.15, -0.1) is 0 Å². The fraction of sp³-hybridized carbons (Fsp3) is 0.143. The Bertz CT molecular complexity index is 634. The van der Waals surface area contributed by atoms with Gasteiger partial charge in [0.05, 0.1) is 10.0 Å². The van der Waals surface area contributed by atoms with E-state index in [1.165, 1.54) is 0 Å². The lowest BCUT2D eigenvalue weighted by molar-refractivity contribution is 0.474. The van der Waals surface area contributed by atoms with Gasteiger partial charge in [-0.25, -0.2) is 0 Å². The van der Waals surface area contributed by atoms with Crippen molar-refractivity contribution in [1.29, 1.82) is 0 Å². The van der Waals surface area contributed by atoms with Crippen molar-refractivity contribution in [2.75, 3.05) is 7.05 Å². The molecule has 2 nitrogen and oxygen atoms in total. The van der Waals surface area contributed by atoms with E-state index >= 15 is 0 Å². The van der Waals surface area contributed by atoms with Crippen LogP contribution < -0.4 is 10.1 Å². The first-order valence-corrected chi connectivity index (χ1v) is 7.70. The van der Waals surface area contributed by atoms with Gasteiger partial charge in [0.25, 0.3) is 0 Å². The van der Waals surface area contributed by atoms with E-state index < -0.39 is 0 Å². The summed E-state index contributed by atoms with van der Waals surface area (Å²) in [4.78, 5) is 0. The Morgan fingerprint density at radius 1 is 1.05 bits per heavy atom. The lowest BCUT2D eigenvalue weighted by atomic mass is 10.2. The van der Waals surface area contributed by atoms with E-state index in [1.54, 1.807) is 12.1 Å². The quantitative estimate of drug-likeness (QED) is 0.649. The highest BCUT2D eigenvalue weighted by Gasteiger charge is 2.12. The maximum atomic E-state index is 6.18.